The predicted octanol–water partition coefficient (Wildman–Crippen LogP) is 3.46. The van der Waals surface area contributed by atoms with Gasteiger partial charge in [0.1, 0.15) is 11.6 Å². The van der Waals surface area contributed by atoms with Crippen LogP contribution in [-0.2, 0) is 22.6 Å². The number of carbonyl (C=O) groups excluding carboxylic acids is 1. The van der Waals surface area contributed by atoms with Gasteiger partial charge in [0, 0.05) is 44.5 Å². The summed E-state index contributed by atoms with van der Waals surface area (Å²) in [5, 5.41) is 8.70. The molecule has 0 N–H and O–H groups in total. The van der Waals surface area contributed by atoms with Crippen LogP contribution in [0.2, 0.25) is 0 Å². The van der Waals surface area contributed by atoms with E-state index in [-0.39, 0.29) is 17.6 Å². The van der Waals surface area contributed by atoms with Crippen LogP contribution in [-0.4, -0.2) is 58.9 Å². The third-order valence-electron chi connectivity index (χ3n) is 6.47. The number of hydrogen-bond donors (Lipinski definition) is 0. The molecule has 1 fully saturated rings. The highest BCUT2D eigenvalue weighted by Gasteiger charge is 2.33. The summed E-state index contributed by atoms with van der Waals surface area (Å²) in [5.74, 6) is 0.818. The fourth-order valence-electron chi connectivity index (χ4n) is 4.67. The van der Waals surface area contributed by atoms with Crippen molar-refractivity contribution in [3.63, 3.8) is 0 Å². The van der Waals surface area contributed by atoms with E-state index in [0.29, 0.717) is 18.2 Å². The number of benzene rings is 2. The molecule has 8 heteroatoms. The van der Waals surface area contributed by atoms with Crippen LogP contribution in [0.3, 0.4) is 0 Å². The van der Waals surface area contributed by atoms with Crippen LogP contribution in [0.5, 0.6) is 0 Å². The lowest BCUT2D eigenvalue weighted by molar-refractivity contribution is -0.132. The average Bonchev–Trinajstić information content (AvgIpc) is 3.29. The number of likely N-dealkylation sites (N-methyl/N-ethyl adjacent to an activating group) is 1. The maximum Gasteiger partial charge on any atom is 0.233 e. The van der Waals surface area contributed by atoms with Gasteiger partial charge < -0.3 is 19.1 Å². The van der Waals surface area contributed by atoms with E-state index in [2.05, 4.69) is 39.4 Å². The molecule has 2 aliphatic rings. The van der Waals surface area contributed by atoms with Gasteiger partial charge in [-0.2, -0.15) is 0 Å². The second-order valence-corrected chi connectivity index (χ2v) is 8.70. The van der Waals surface area contributed by atoms with E-state index >= 15 is 0 Å². The molecule has 5 rings (SSSR count). The van der Waals surface area contributed by atoms with Crippen LogP contribution in [0.25, 0.3) is 11.4 Å². The van der Waals surface area contributed by atoms with Gasteiger partial charge in [-0.1, -0.05) is 12.1 Å². The lowest BCUT2D eigenvalue weighted by Crippen LogP contribution is -2.36. The van der Waals surface area contributed by atoms with Crippen molar-refractivity contribution < 1.29 is 13.9 Å². The van der Waals surface area contributed by atoms with E-state index in [1.807, 2.05) is 11.6 Å². The maximum absolute atomic E-state index is 13.3. The zero-order valence-electron chi connectivity index (χ0n) is 18.8. The molecule has 3 heterocycles. The van der Waals surface area contributed by atoms with Crippen molar-refractivity contribution in [3.8, 4) is 11.4 Å². The monoisotopic (exact) mass is 449 g/mol. The number of anilines is 1. The number of halogens is 1. The Bertz CT molecular complexity index is 1110. The van der Waals surface area contributed by atoms with E-state index in [1.165, 1.54) is 17.8 Å². The molecule has 0 spiro atoms. The summed E-state index contributed by atoms with van der Waals surface area (Å²) in [6, 6.07) is 14.6. The largest absolute Gasteiger partial charge is 0.378 e. The Labute approximate surface area is 192 Å². The Morgan fingerprint density at radius 2 is 1.79 bits per heavy atom. The Balaban J connectivity index is 1.28. The average molecular weight is 450 g/mol. The minimum Gasteiger partial charge on any atom is -0.378 e. The molecular weight excluding hydrogens is 421 g/mol. The predicted molar refractivity (Wildman–Crippen MR) is 123 cm³/mol. The summed E-state index contributed by atoms with van der Waals surface area (Å²) in [4.78, 5) is 17.4. The summed E-state index contributed by atoms with van der Waals surface area (Å²) < 4.78 is 20.7. The fourth-order valence-corrected chi connectivity index (χ4v) is 4.67. The van der Waals surface area contributed by atoms with Crippen LogP contribution in [0, 0.1) is 5.82 Å². The number of carbonyl (C=O) groups is 1. The first kappa shape index (κ1) is 21.6. The highest BCUT2D eigenvalue weighted by molar-refractivity contribution is 5.83. The standard InChI is InChI=1S/C25H28FN5O2/c1-29(17-18-4-10-21(11-5-18)30-13-15-33-16-14-30)25(32)22-3-2-12-31-23(27-28-24(22)31)19-6-8-20(26)9-7-19/h4-11,22H,2-3,12-17H2,1H3. The van der Waals surface area contributed by atoms with Gasteiger partial charge in [0.25, 0.3) is 0 Å². The first-order valence-electron chi connectivity index (χ1n) is 11.5. The number of ether oxygens (including phenoxy) is 1. The lowest BCUT2D eigenvalue weighted by Gasteiger charge is -2.29. The molecule has 1 aromatic heterocycles. The van der Waals surface area contributed by atoms with E-state index in [4.69, 9.17) is 4.74 Å². The molecular formula is C25H28FN5O2. The van der Waals surface area contributed by atoms with E-state index in [0.717, 1.165) is 56.8 Å². The van der Waals surface area contributed by atoms with E-state index < -0.39 is 0 Å². The Morgan fingerprint density at radius 3 is 2.52 bits per heavy atom. The van der Waals surface area contributed by atoms with Crippen molar-refractivity contribution in [2.75, 3.05) is 38.3 Å². The highest BCUT2D eigenvalue weighted by Crippen LogP contribution is 2.32. The zero-order valence-corrected chi connectivity index (χ0v) is 18.8. The molecule has 0 saturated carbocycles. The first-order chi connectivity index (χ1) is 16.1. The number of aromatic nitrogens is 3. The van der Waals surface area contributed by atoms with Crippen molar-refractivity contribution in [1.29, 1.82) is 0 Å². The van der Waals surface area contributed by atoms with Crippen LogP contribution in [0.1, 0.15) is 30.1 Å². The van der Waals surface area contributed by atoms with Crippen LogP contribution >= 0.6 is 0 Å². The molecule has 2 aromatic carbocycles. The third kappa shape index (κ3) is 4.48. The van der Waals surface area contributed by atoms with Gasteiger partial charge in [0.15, 0.2) is 5.82 Å². The molecule has 1 atom stereocenters. The van der Waals surface area contributed by atoms with Crippen molar-refractivity contribution in [2.24, 2.45) is 0 Å². The Morgan fingerprint density at radius 1 is 1.06 bits per heavy atom. The Kier molecular flexibility index (Phi) is 6.09. The minimum atomic E-state index is -0.321. The second kappa shape index (κ2) is 9.31. The van der Waals surface area contributed by atoms with Crippen molar-refractivity contribution in [2.45, 2.75) is 31.8 Å². The number of hydrogen-bond acceptors (Lipinski definition) is 5. The van der Waals surface area contributed by atoms with Gasteiger partial charge >= 0.3 is 0 Å². The molecule has 3 aromatic rings. The summed E-state index contributed by atoms with van der Waals surface area (Å²) in [6.45, 7) is 4.62. The maximum atomic E-state index is 13.3. The topological polar surface area (TPSA) is 63.5 Å². The number of morpholine rings is 1. The quantitative estimate of drug-likeness (QED) is 0.597. The van der Waals surface area contributed by atoms with E-state index in [9.17, 15) is 9.18 Å². The summed E-state index contributed by atoms with van der Waals surface area (Å²) >= 11 is 0. The molecule has 33 heavy (non-hydrogen) atoms. The number of rotatable bonds is 5. The molecule has 2 aliphatic heterocycles. The number of fused-ring (bicyclic) bond motifs is 1. The van der Waals surface area contributed by atoms with Gasteiger partial charge in [0.05, 0.1) is 19.1 Å². The van der Waals surface area contributed by atoms with Gasteiger partial charge in [-0.3, -0.25) is 4.79 Å². The second-order valence-electron chi connectivity index (χ2n) is 8.70. The summed E-state index contributed by atoms with van der Waals surface area (Å²) in [7, 11) is 1.84. The fraction of sp³-hybridized carbons (Fsp3) is 0.400. The Hall–Kier alpha value is -3.26. The molecule has 0 bridgehead atoms. The molecule has 0 radical (unpaired) electrons. The molecule has 7 nitrogen and oxygen atoms in total. The molecule has 1 amide bonds. The summed E-state index contributed by atoms with van der Waals surface area (Å²) in [6.07, 6.45) is 1.62. The van der Waals surface area contributed by atoms with E-state index in [1.54, 1.807) is 17.0 Å². The van der Waals surface area contributed by atoms with Gasteiger partial charge in [-0.15, -0.1) is 10.2 Å². The van der Waals surface area contributed by atoms with Crippen molar-refractivity contribution in [3.05, 3.63) is 65.7 Å². The minimum absolute atomic E-state index is 0.0475. The highest BCUT2D eigenvalue weighted by atomic mass is 19.1. The smallest absolute Gasteiger partial charge is 0.233 e. The summed E-state index contributed by atoms with van der Waals surface area (Å²) in [5.41, 5.74) is 3.08. The molecule has 1 saturated heterocycles. The lowest BCUT2D eigenvalue weighted by atomic mass is 9.96. The van der Waals surface area contributed by atoms with Crippen molar-refractivity contribution >= 4 is 11.6 Å². The molecule has 0 aliphatic carbocycles. The normalized spacial score (nSPS) is 18.1. The molecule has 172 valence electrons. The van der Waals surface area contributed by atoms with Crippen molar-refractivity contribution in [1.82, 2.24) is 19.7 Å². The number of amides is 1. The van der Waals surface area contributed by atoms with Gasteiger partial charge in [-0.05, 0) is 54.8 Å². The molecule has 1 unspecified atom stereocenters. The van der Waals surface area contributed by atoms with Crippen LogP contribution < -0.4 is 4.90 Å². The first-order valence-corrected chi connectivity index (χ1v) is 11.5. The van der Waals surface area contributed by atoms with Crippen LogP contribution in [0.15, 0.2) is 48.5 Å². The number of nitrogens with zero attached hydrogens (tertiary/aromatic N) is 5. The van der Waals surface area contributed by atoms with Gasteiger partial charge in [-0.25, -0.2) is 4.39 Å². The zero-order chi connectivity index (χ0) is 22.8. The van der Waals surface area contributed by atoms with Gasteiger partial charge in [0.2, 0.25) is 5.91 Å². The third-order valence-corrected chi connectivity index (χ3v) is 6.47. The SMILES string of the molecule is CN(Cc1ccc(N2CCOCC2)cc1)C(=O)C1CCCn2c(-c3ccc(F)cc3)nnc21. The van der Waals surface area contributed by atoms with Crippen LogP contribution in [0.4, 0.5) is 10.1 Å².